The molecule has 1 unspecified atom stereocenters. The Morgan fingerprint density at radius 3 is 2.37 bits per heavy atom. The van der Waals surface area contributed by atoms with E-state index in [1.165, 1.54) is 50.5 Å². The van der Waals surface area contributed by atoms with Crippen LogP contribution in [-0.2, 0) is 0 Å². The smallest absolute Gasteiger partial charge is 0.0612 e. The van der Waals surface area contributed by atoms with Crippen molar-refractivity contribution in [2.24, 2.45) is 0 Å². The quantitative estimate of drug-likeness (QED) is 0.460. The summed E-state index contributed by atoms with van der Waals surface area (Å²) < 4.78 is 0. The molecule has 19 heavy (non-hydrogen) atoms. The predicted molar refractivity (Wildman–Crippen MR) is 83.4 cm³/mol. The van der Waals surface area contributed by atoms with Crippen molar-refractivity contribution in [2.75, 3.05) is 6.61 Å². The van der Waals surface area contributed by atoms with E-state index in [9.17, 15) is 0 Å². The molecule has 1 heteroatoms. The minimum Gasteiger partial charge on any atom is -0.392 e. The number of benzene rings is 1. The van der Waals surface area contributed by atoms with Gasteiger partial charge in [0.1, 0.15) is 0 Å². The molecule has 0 fully saturated rings. The molecule has 1 aromatic rings. The molecule has 0 aliphatic heterocycles. The van der Waals surface area contributed by atoms with Crippen LogP contribution in [0.5, 0.6) is 0 Å². The molecule has 0 saturated carbocycles. The Morgan fingerprint density at radius 2 is 1.68 bits per heavy atom. The van der Waals surface area contributed by atoms with Crippen LogP contribution in [-0.4, -0.2) is 11.7 Å². The lowest BCUT2D eigenvalue weighted by atomic mass is 9.92. The fourth-order valence-corrected chi connectivity index (χ4v) is 2.44. The molecule has 0 radical (unpaired) electrons. The molecule has 0 heterocycles. The zero-order valence-electron chi connectivity index (χ0n) is 12.2. The van der Waals surface area contributed by atoms with Gasteiger partial charge in [-0.2, -0.15) is 0 Å². The van der Waals surface area contributed by atoms with E-state index in [2.05, 4.69) is 43.3 Å². The van der Waals surface area contributed by atoms with E-state index in [1.807, 2.05) is 6.08 Å². The summed E-state index contributed by atoms with van der Waals surface area (Å²) >= 11 is 0. The minimum absolute atomic E-state index is 0.139. The maximum atomic E-state index is 8.94. The van der Waals surface area contributed by atoms with Gasteiger partial charge in [-0.15, -0.1) is 0 Å². The van der Waals surface area contributed by atoms with Gasteiger partial charge < -0.3 is 5.11 Å². The van der Waals surface area contributed by atoms with E-state index >= 15 is 0 Å². The van der Waals surface area contributed by atoms with Crippen molar-refractivity contribution in [3.63, 3.8) is 0 Å². The molecule has 106 valence electrons. The molecule has 0 aliphatic rings. The number of hydrogen-bond acceptors (Lipinski definition) is 1. The van der Waals surface area contributed by atoms with Crippen molar-refractivity contribution in [1.82, 2.24) is 0 Å². The Kier molecular flexibility index (Phi) is 9.09. The summed E-state index contributed by atoms with van der Waals surface area (Å²) in [6.07, 6.45) is 13.2. The molecule has 0 aliphatic carbocycles. The second kappa shape index (κ2) is 10.8. The average Bonchev–Trinajstić information content (AvgIpc) is 2.46. The number of allylic oxidation sites excluding steroid dienone is 1. The van der Waals surface area contributed by atoms with Gasteiger partial charge in [-0.25, -0.2) is 0 Å². The first-order chi connectivity index (χ1) is 9.38. The number of hydrogen-bond donors (Lipinski definition) is 1. The fraction of sp³-hybridized carbons (Fsp3) is 0.556. The zero-order valence-corrected chi connectivity index (χ0v) is 12.2. The van der Waals surface area contributed by atoms with E-state index < -0.39 is 0 Å². The number of aliphatic hydroxyl groups excluding tert-OH is 1. The molecule has 0 aromatic heterocycles. The van der Waals surface area contributed by atoms with E-state index in [0.29, 0.717) is 5.92 Å². The van der Waals surface area contributed by atoms with E-state index in [1.54, 1.807) is 0 Å². The van der Waals surface area contributed by atoms with Crippen molar-refractivity contribution in [3.05, 3.63) is 48.0 Å². The molecule has 1 aromatic carbocycles. The Morgan fingerprint density at radius 1 is 1.00 bits per heavy atom. The molecular weight excluding hydrogens is 232 g/mol. The van der Waals surface area contributed by atoms with Crippen LogP contribution in [0.2, 0.25) is 0 Å². The van der Waals surface area contributed by atoms with Gasteiger partial charge in [0.25, 0.3) is 0 Å². The average molecular weight is 260 g/mol. The second-order valence-corrected chi connectivity index (χ2v) is 5.18. The minimum atomic E-state index is 0.139. The first kappa shape index (κ1) is 16.0. The summed E-state index contributed by atoms with van der Waals surface area (Å²) in [5.74, 6) is 0.458. The fourth-order valence-electron chi connectivity index (χ4n) is 2.44. The van der Waals surface area contributed by atoms with Gasteiger partial charge in [-0.05, 0) is 12.0 Å². The third kappa shape index (κ3) is 7.17. The highest BCUT2D eigenvalue weighted by Gasteiger charge is 2.06. The lowest BCUT2D eigenvalue weighted by molar-refractivity contribution is 0.342. The second-order valence-electron chi connectivity index (χ2n) is 5.18. The Labute approximate surface area is 118 Å². The van der Waals surface area contributed by atoms with Crippen LogP contribution in [0.4, 0.5) is 0 Å². The van der Waals surface area contributed by atoms with Crippen LogP contribution in [0, 0.1) is 0 Å². The molecule has 1 N–H and O–H groups in total. The first-order valence-corrected chi connectivity index (χ1v) is 7.71. The van der Waals surface area contributed by atoms with Crippen molar-refractivity contribution in [2.45, 2.75) is 57.8 Å². The van der Waals surface area contributed by atoms with Gasteiger partial charge >= 0.3 is 0 Å². The van der Waals surface area contributed by atoms with Gasteiger partial charge in [0, 0.05) is 5.92 Å². The van der Waals surface area contributed by atoms with E-state index in [0.717, 1.165) is 0 Å². The molecule has 1 nitrogen and oxygen atoms in total. The first-order valence-electron chi connectivity index (χ1n) is 7.71. The van der Waals surface area contributed by atoms with Crippen LogP contribution in [0.15, 0.2) is 42.5 Å². The summed E-state index contributed by atoms with van der Waals surface area (Å²) in [6.45, 7) is 2.39. The Balaban J connectivity index is 2.36. The highest BCUT2D eigenvalue weighted by Crippen LogP contribution is 2.24. The largest absolute Gasteiger partial charge is 0.392 e. The topological polar surface area (TPSA) is 20.2 Å². The van der Waals surface area contributed by atoms with Crippen molar-refractivity contribution >= 4 is 0 Å². The monoisotopic (exact) mass is 260 g/mol. The van der Waals surface area contributed by atoms with Gasteiger partial charge in [-0.1, -0.05) is 87.9 Å². The van der Waals surface area contributed by atoms with Gasteiger partial charge in [0.2, 0.25) is 0 Å². The Bertz CT molecular complexity index is 329. The van der Waals surface area contributed by atoms with E-state index in [-0.39, 0.29) is 6.61 Å². The lowest BCUT2D eigenvalue weighted by Gasteiger charge is -2.13. The molecule has 1 rings (SSSR count). The van der Waals surface area contributed by atoms with Crippen molar-refractivity contribution < 1.29 is 5.11 Å². The van der Waals surface area contributed by atoms with Crippen molar-refractivity contribution in [3.8, 4) is 0 Å². The lowest BCUT2D eigenvalue weighted by Crippen LogP contribution is -1.96. The zero-order chi connectivity index (χ0) is 13.8. The number of unbranched alkanes of at least 4 members (excludes halogenated alkanes) is 5. The summed E-state index contributed by atoms with van der Waals surface area (Å²) in [5.41, 5.74) is 1.36. The van der Waals surface area contributed by atoms with Crippen LogP contribution in [0.1, 0.15) is 63.4 Å². The van der Waals surface area contributed by atoms with Crippen molar-refractivity contribution in [1.29, 1.82) is 0 Å². The number of aliphatic hydroxyl groups is 1. The molecule has 0 spiro atoms. The third-order valence-corrected chi connectivity index (χ3v) is 3.57. The third-order valence-electron chi connectivity index (χ3n) is 3.57. The van der Waals surface area contributed by atoms with Crippen LogP contribution >= 0.6 is 0 Å². The Hall–Kier alpha value is -1.08. The highest BCUT2D eigenvalue weighted by molar-refractivity contribution is 5.23. The molecule has 0 saturated heterocycles. The van der Waals surface area contributed by atoms with Gasteiger partial charge in [0.15, 0.2) is 0 Å². The van der Waals surface area contributed by atoms with Gasteiger partial charge in [-0.3, -0.25) is 0 Å². The molecule has 0 amide bonds. The van der Waals surface area contributed by atoms with Crippen LogP contribution < -0.4 is 0 Å². The van der Waals surface area contributed by atoms with Gasteiger partial charge in [0.05, 0.1) is 6.61 Å². The normalized spacial score (nSPS) is 12.9. The predicted octanol–water partition coefficient (Wildman–Crippen LogP) is 5.07. The van der Waals surface area contributed by atoms with E-state index in [4.69, 9.17) is 5.11 Å². The standard InChI is InChI=1S/C18H28O/c1-2-3-4-5-6-8-12-18(15-11-16-19)17-13-9-7-10-14-17/h7,9-11,13-15,18-19H,2-6,8,12,16H2,1H3/b15-11+. The number of rotatable bonds is 10. The molecular formula is C18H28O. The summed E-state index contributed by atoms with van der Waals surface area (Å²) in [6, 6.07) is 10.6. The summed E-state index contributed by atoms with van der Waals surface area (Å²) in [5, 5.41) is 8.94. The maximum absolute atomic E-state index is 8.94. The summed E-state index contributed by atoms with van der Waals surface area (Å²) in [4.78, 5) is 0. The molecule has 0 bridgehead atoms. The van der Waals surface area contributed by atoms with Crippen LogP contribution in [0.25, 0.3) is 0 Å². The highest BCUT2D eigenvalue weighted by atomic mass is 16.2. The molecule has 1 atom stereocenters. The maximum Gasteiger partial charge on any atom is 0.0612 e. The van der Waals surface area contributed by atoms with Crippen LogP contribution in [0.3, 0.4) is 0 Å². The SMILES string of the molecule is CCCCCCCCC(/C=C/CO)c1ccccc1. The summed E-state index contributed by atoms with van der Waals surface area (Å²) in [7, 11) is 0.